The van der Waals surface area contributed by atoms with Gasteiger partial charge in [-0.2, -0.15) is 0 Å². The number of rotatable bonds is 5. The van der Waals surface area contributed by atoms with Crippen LogP contribution < -0.4 is 0 Å². The summed E-state index contributed by atoms with van der Waals surface area (Å²) in [6, 6.07) is 11.6. The maximum Gasteiger partial charge on any atom is 0.0931 e. The molecule has 1 aromatic heterocycles. The quantitative estimate of drug-likeness (QED) is 0.916. The summed E-state index contributed by atoms with van der Waals surface area (Å²) in [7, 11) is 1.99. The van der Waals surface area contributed by atoms with Crippen molar-refractivity contribution < 1.29 is 5.11 Å². The number of pyridine rings is 1. The molecular weight excluding hydrogens is 272 g/mol. The molecule has 3 nitrogen and oxygen atoms in total. The molecule has 2 rings (SSSR count). The second kappa shape index (κ2) is 6.84. The Morgan fingerprint density at radius 3 is 2.50 bits per heavy atom. The van der Waals surface area contributed by atoms with Crippen molar-refractivity contribution in [3.05, 3.63) is 64.9 Å². The number of benzene rings is 1. The van der Waals surface area contributed by atoms with Crippen LogP contribution in [-0.2, 0) is 0 Å². The lowest BCUT2D eigenvalue weighted by Crippen LogP contribution is -2.27. The minimum Gasteiger partial charge on any atom is -0.387 e. The fourth-order valence-corrected chi connectivity index (χ4v) is 2.43. The molecule has 0 saturated carbocycles. The van der Waals surface area contributed by atoms with Crippen LogP contribution in [0.2, 0.25) is 5.02 Å². The lowest BCUT2D eigenvalue weighted by molar-refractivity contribution is 0.108. The summed E-state index contributed by atoms with van der Waals surface area (Å²) in [6.45, 7) is 2.63. The van der Waals surface area contributed by atoms with Crippen molar-refractivity contribution >= 4 is 11.6 Å². The van der Waals surface area contributed by atoms with Crippen LogP contribution in [0.5, 0.6) is 0 Å². The molecule has 0 aliphatic carbocycles. The highest BCUT2D eigenvalue weighted by molar-refractivity contribution is 6.31. The summed E-state index contributed by atoms with van der Waals surface area (Å²) >= 11 is 6.11. The Bertz CT molecular complexity index is 547. The minimum absolute atomic E-state index is 0.204. The van der Waals surface area contributed by atoms with Gasteiger partial charge in [-0.1, -0.05) is 29.8 Å². The van der Waals surface area contributed by atoms with Crippen LogP contribution >= 0.6 is 11.6 Å². The molecule has 0 bridgehead atoms. The van der Waals surface area contributed by atoms with E-state index < -0.39 is 6.10 Å². The van der Waals surface area contributed by atoms with Crippen molar-refractivity contribution in [2.24, 2.45) is 0 Å². The van der Waals surface area contributed by atoms with Gasteiger partial charge in [-0.3, -0.25) is 9.88 Å². The van der Waals surface area contributed by atoms with E-state index in [1.807, 2.05) is 37.4 Å². The molecule has 106 valence electrons. The standard InChI is InChI=1S/C16H19ClN2O/c1-12(13-7-9-18-10-8-13)19(2)11-16(20)14-5-3-4-6-15(14)17/h3-10,12,16,20H,11H2,1-2H3. The molecule has 0 aliphatic heterocycles. The smallest absolute Gasteiger partial charge is 0.0931 e. The second-order valence-corrected chi connectivity index (χ2v) is 5.34. The van der Waals surface area contributed by atoms with E-state index in [1.54, 1.807) is 18.5 Å². The van der Waals surface area contributed by atoms with Gasteiger partial charge in [0.1, 0.15) is 0 Å². The minimum atomic E-state index is -0.599. The average molecular weight is 291 g/mol. The average Bonchev–Trinajstić information content (AvgIpc) is 2.47. The zero-order valence-corrected chi connectivity index (χ0v) is 12.5. The summed E-state index contributed by atoms with van der Waals surface area (Å²) in [5.74, 6) is 0. The predicted molar refractivity (Wildman–Crippen MR) is 81.7 cm³/mol. The lowest BCUT2D eigenvalue weighted by Gasteiger charge is -2.27. The first-order chi connectivity index (χ1) is 9.59. The largest absolute Gasteiger partial charge is 0.387 e. The molecule has 2 atom stereocenters. The normalized spacial score (nSPS) is 14.2. The maximum atomic E-state index is 10.3. The van der Waals surface area contributed by atoms with Crippen LogP contribution in [-0.4, -0.2) is 28.6 Å². The maximum absolute atomic E-state index is 10.3. The fraction of sp³-hybridized carbons (Fsp3) is 0.312. The monoisotopic (exact) mass is 290 g/mol. The Balaban J connectivity index is 2.04. The first-order valence-corrected chi connectivity index (χ1v) is 7.00. The number of hydrogen-bond donors (Lipinski definition) is 1. The molecule has 0 spiro atoms. The Morgan fingerprint density at radius 2 is 1.85 bits per heavy atom. The van der Waals surface area contributed by atoms with Gasteiger partial charge < -0.3 is 5.11 Å². The van der Waals surface area contributed by atoms with Crippen molar-refractivity contribution in [1.29, 1.82) is 0 Å². The zero-order valence-electron chi connectivity index (χ0n) is 11.7. The Hall–Kier alpha value is -1.42. The lowest BCUT2D eigenvalue weighted by atomic mass is 10.1. The van der Waals surface area contributed by atoms with Crippen molar-refractivity contribution in [2.45, 2.75) is 19.1 Å². The molecule has 0 aliphatic rings. The molecule has 2 unspecified atom stereocenters. The summed E-state index contributed by atoms with van der Waals surface area (Å²) < 4.78 is 0. The summed E-state index contributed by atoms with van der Waals surface area (Å²) in [6.07, 6.45) is 2.96. The van der Waals surface area contributed by atoms with E-state index in [0.29, 0.717) is 11.6 Å². The zero-order chi connectivity index (χ0) is 14.5. The highest BCUT2D eigenvalue weighted by Crippen LogP contribution is 2.25. The van der Waals surface area contributed by atoms with Crippen molar-refractivity contribution in [3.8, 4) is 0 Å². The number of aliphatic hydroxyl groups is 1. The highest BCUT2D eigenvalue weighted by Gasteiger charge is 2.18. The first-order valence-electron chi connectivity index (χ1n) is 6.62. The first kappa shape index (κ1) is 15.0. The number of hydrogen-bond acceptors (Lipinski definition) is 3. The van der Waals surface area contributed by atoms with Gasteiger partial charge in [-0.05, 0) is 37.7 Å². The fourth-order valence-electron chi connectivity index (χ4n) is 2.17. The Morgan fingerprint density at radius 1 is 1.20 bits per heavy atom. The third-order valence-corrected chi connectivity index (χ3v) is 3.92. The molecule has 0 radical (unpaired) electrons. The van der Waals surface area contributed by atoms with E-state index in [2.05, 4.69) is 16.8 Å². The van der Waals surface area contributed by atoms with Crippen LogP contribution in [0.3, 0.4) is 0 Å². The molecule has 1 aromatic carbocycles. The van der Waals surface area contributed by atoms with E-state index in [1.165, 1.54) is 5.56 Å². The van der Waals surface area contributed by atoms with Crippen LogP contribution in [0, 0.1) is 0 Å². The third kappa shape index (κ3) is 3.57. The Kier molecular flexibility index (Phi) is 5.12. The highest BCUT2D eigenvalue weighted by atomic mass is 35.5. The second-order valence-electron chi connectivity index (χ2n) is 4.93. The van der Waals surface area contributed by atoms with E-state index in [-0.39, 0.29) is 6.04 Å². The topological polar surface area (TPSA) is 36.4 Å². The van der Waals surface area contributed by atoms with Crippen LogP contribution in [0.1, 0.15) is 30.2 Å². The van der Waals surface area contributed by atoms with E-state index in [9.17, 15) is 5.11 Å². The molecule has 4 heteroatoms. The van der Waals surface area contributed by atoms with Crippen LogP contribution in [0.25, 0.3) is 0 Å². The number of likely N-dealkylation sites (N-methyl/N-ethyl adjacent to an activating group) is 1. The van der Waals surface area contributed by atoms with Crippen molar-refractivity contribution in [3.63, 3.8) is 0 Å². The predicted octanol–water partition coefficient (Wildman–Crippen LogP) is 3.46. The molecule has 0 saturated heterocycles. The Labute approximate surface area is 124 Å². The van der Waals surface area contributed by atoms with Gasteiger partial charge in [-0.15, -0.1) is 0 Å². The number of aromatic nitrogens is 1. The molecule has 20 heavy (non-hydrogen) atoms. The third-order valence-electron chi connectivity index (χ3n) is 3.57. The van der Waals surface area contributed by atoms with E-state index in [4.69, 9.17) is 11.6 Å². The molecule has 1 heterocycles. The van der Waals surface area contributed by atoms with Gasteiger partial charge in [0.2, 0.25) is 0 Å². The van der Waals surface area contributed by atoms with Gasteiger partial charge in [0.05, 0.1) is 6.10 Å². The van der Waals surface area contributed by atoms with E-state index in [0.717, 1.165) is 5.56 Å². The van der Waals surface area contributed by atoms with Gasteiger partial charge in [0.25, 0.3) is 0 Å². The van der Waals surface area contributed by atoms with Gasteiger partial charge >= 0.3 is 0 Å². The number of aliphatic hydroxyl groups excluding tert-OH is 1. The molecule has 2 aromatic rings. The number of halogens is 1. The van der Waals surface area contributed by atoms with Crippen LogP contribution in [0.15, 0.2) is 48.8 Å². The van der Waals surface area contributed by atoms with Crippen LogP contribution in [0.4, 0.5) is 0 Å². The van der Waals surface area contributed by atoms with Crippen molar-refractivity contribution in [1.82, 2.24) is 9.88 Å². The molecule has 0 fully saturated rings. The molecular formula is C16H19ClN2O. The SMILES string of the molecule is CC(c1ccncc1)N(C)CC(O)c1ccccc1Cl. The summed E-state index contributed by atoms with van der Waals surface area (Å²) in [5, 5.41) is 10.9. The molecule has 1 N–H and O–H groups in total. The van der Waals surface area contributed by atoms with Gasteiger partial charge in [-0.25, -0.2) is 0 Å². The van der Waals surface area contributed by atoms with Gasteiger partial charge in [0, 0.05) is 35.6 Å². The molecule has 0 amide bonds. The van der Waals surface area contributed by atoms with E-state index >= 15 is 0 Å². The van der Waals surface area contributed by atoms with Crippen molar-refractivity contribution in [2.75, 3.05) is 13.6 Å². The summed E-state index contributed by atoms with van der Waals surface area (Å²) in [4.78, 5) is 6.12. The van der Waals surface area contributed by atoms with Gasteiger partial charge in [0.15, 0.2) is 0 Å². The summed E-state index contributed by atoms with van der Waals surface area (Å²) in [5.41, 5.74) is 1.94. The number of nitrogens with zero attached hydrogens (tertiary/aromatic N) is 2.